The van der Waals surface area contributed by atoms with E-state index in [9.17, 15) is 4.79 Å². The summed E-state index contributed by atoms with van der Waals surface area (Å²) in [5.74, 6) is 1.71. The van der Waals surface area contributed by atoms with E-state index in [0.717, 1.165) is 19.4 Å². The minimum atomic E-state index is -0.311. The molecule has 32 heavy (non-hydrogen) atoms. The van der Waals surface area contributed by atoms with Crippen molar-refractivity contribution in [1.82, 2.24) is 10.4 Å². The molecule has 1 amide bonds. The molecule has 3 rings (SSSR count). The summed E-state index contributed by atoms with van der Waals surface area (Å²) in [6.07, 6.45) is 4.67. The van der Waals surface area contributed by atoms with Crippen LogP contribution in [-0.2, 0) is 0 Å². The second kappa shape index (κ2) is 12.4. The number of carbonyl (C=O) groups excluding carboxylic acids is 1. The minimum Gasteiger partial charge on any atom is -0.490 e. The third kappa shape index (κ3) is 7.20. The number of carbonyl (C=O) groups is 1. The van der Waals surface area contributed by atoms with Crippen LogP contribution in [0.15, 0.2) is 70.5 Å². The molecule has 2 aromatic carbocycles. The van der Waals surface area contributed by atoms with E-state index in [2.05, 4.69) is 54.0 Å². The highest BCUT2D eigenvalue weighted by Gasteiger charge is 2.12. The Balaban J connectivity index is 1.60. The van der Waals surface area contributed by atoms with Crippen molar-refractivity contribution in [2.24, 2.45) is 5.10 Å². The van der Waals surface area contributed by atoms with Crippen molar-refractivity contribution >= 4 is 50.6 Å². The number of aromatic nitrogens is 1. The van der Waals surface area contributed by atoms with Gasteiger partial charge in [-0.2, -0.15) is 5.10 Å². The van der Waals surface area contributed by atoms with Crippen LogP contribution in [0, 0.1) is 3.57 Å². The van der Waals surface area contributed by atoms with Gasteiger partial charge in [-0.3, -0.25) is 9.78 Å². The predicted molar refractivity (Wildman–Crippen MR) is 135 cm³/mol. The summed E-state index contributed by atoms with van der Waals surface area (Å²) in [6, 6.07) is 14.6. The van der Waals surface area contributed by atoms with Gasteiger partial charge in [0.05, 0.1) is 16.4 Å². The summed E-state index contributed by atoms with van der Waals surface area (Å²) in [7, 11) is 0. The van der Waals surface area contributed by atoms with E-state index in [-0.39, 0.29) is 5.91 Å². The number of benzene rings is 2. The van der Waals surface area contributed by atoms with Gasteiger partial charge in [0.15, 0.2) is 11.5 Å². The number of rotatable bonds is 10. The van der Waals surface area contributed by atoms with Crippen LogP contribution in [0.5, 0.6) is 17.2 Å². The van der Waals surface area contributed by atoms with Gasteiger partial charge < -0.3 is 14.2 Å². The largest absolute Gasteiger partial charge is 0.490 e. The van der Waals surface area contributed by atoms with E-state index >= 15 is 0 Å². The van der Waals surface area contributed by atoms with E-state index in [0.29, 0.717) is 36.9 Å². The first-order chi connectivity index (χ1) is 15.6. The molecule has 0 fully saturated rings. The highest BCUT2D eigenvalue weighted by molar-refractivity contribution is 14.1. The summed E-state index contributed by atoms with van der Waals surface area (Å²) >= 11 is 5.59. The summed E-state index contributed by atoms with van der Waals surface area (Å²) in [4.78, 5) is 16.0. The zero-order valence-electron chi connectivity index (χ0n) is 17.3. The number of nitrogens with zero attached hydrogens (tertiary/aromatic N) is 2. The molecule has 1 N–H and O–H groups in total. The van der Waals surface area contributed by atoms with Crippen LogP contribution in [0.4, 0.5) is 0 Å². The van der Waals surface area contributed by atoms with Gasteiger partial charge in [0.1, 0.15) is 19.0 Å². The standard InChI is InChI=1S/C23H21BrIN3O4/c1-2-30-21-14-16(15-27-28-23(29)17-7-9-26-10-8-17)13-20(25)22(21)32-12-11-31-19-5-3-18(24)4-6-19/h3-10,13-15H,2,11-12H2,1H3,(H,28,29)/b27-15-. The molecule has 1 heterocycles. The third-order valence-electron chi connectivity index (χ3n) is 4.07. The summed E-state index contributed by atoms with van der Waals surface area (Å²) < 4.78 is 19.2. The van der Waals surface area contributed by atoms with E-state index in [1.165, 1.54) is 0 Å². The van der Waals surface area contributed by atoms with Crippen LogP contribution < -0.4 is 19.6 Å². The SMILES string of the molecule is CCOc1cc(/C=N\NC(=O)c2ccncc2)cc(I)c1OCCOc1ccc(Br)cc1. The topological polar surface area (TPSA) is 82.0 Å². The second-order valence-electron chi connectivity index (χ2n) is 6.35. The zero-order valence-corrected chi connectivity index (χ0v) is 21.0. The number of hydrogen-bond acceptors (Lipinski definition) is 6. The Morgan fingerprint density at radius 2 is 1.81 bits per heavy atom. The molecule has 0 radical (unpaired) electrons. The Kier molecular flexibility index (Phi) is 9.29. The fraction of sp³-hybridized carbons (Fsp3) is 0.174. The normalized spacial score (nSPS) is 10.7. The van der Waals surface area contributed by atoms with Gasteiger partial charge in [-0.1, -0.05) is 15.9 Å². The molecule has 0 atom stereocenters. The number of nitrogens with one attached hydrogen (secondary N) is 1. The lowest BCUT2D eigenvalue weighted by atomic mass is 10.2. The summed E-state index contributed by atoms with van der Waals surface area (Å²) in [5.41, 5.74) is 3.75. The lowest BCUT2D eigenvalue weighted by Gasteiger charge is -2.15. The molecule has 0 saturated heterocycles. The van der Waals surface area contributed by atoms with Gasteiger partial charge in [-0.15, -0.1) is 0 Å². The van der Waals surface area contributed by atoms with Crippen molar-refractivity contribution in [1.29, 1.82) is 0 Å². The van der Waals surface area contributed by atoms with Crippen LogP contribution in [-0.4, -0.2) is 36.9 Å². The summed E-state index contributed by atoms with van der Waals surface area (Å²) in [6.45, 7) is 3.15. The Labute approximate surface area is 208 Å². The molecule has 1 aromatic heterocycles. The first-order valence-electron chi connectivity index (χ1n) is 9.77. The van der Waals surface area contributed by atoms with E-state index in [1.54, 1.807) is 30.7 Å². The Morgan fingerprint density at radius 1 is 1.09 bits per heavy atom. The second-order valence-corrected chi connectivity index (χ2v) is 8.43. The molecule has 0 aliphatic heterocycles. The maximum absolute atomic E-state index is 12.1. The van der Waals surface area contributed by atoms with Crippen molar-refractivity contribution < 1.29 is 19.0 Å². The smallest absolute Gasteiger partial charge is 0.271 e. The summed E-state index contributed by atoms with van der Waals surface area (Å²) in [5, 5.41) is 4.04. The molecule has 0 bridgehead atoms. The molecule has 3 aromatic rings. The van der Waals surface area contributed by atoms with Gasteiger partial charge in [-0.25, -0.2) is 5.43 Å². The fourth-order valence-corrected chi connectivity index (χ4v) is 3.68. The number of pyridine rings is 1. The average molecular weight is 610 g/mol. The molecule has 7 nitrogen and oxygen atoms in total. The number of hydrogen-bond donors (Lipinski definition) is 1. The molecule has 0 aliphatic carbocycles. The van der Waals surface area contributed by atoms with Crippen LogP contribution in [0.3, 0.4) is 0 Å². The van der Waals surface area contributed by atoms with E-state index in [1.807, 2.05) is 43.3 Å². The minimum absolute atomic E-state index is 0.311. The Hall–Kier alpha value is -2.66. The van der Waals surface area contributed by atoms with Crippen molar-refractivity contribution in [3.63, 3.8) is 0 Å². The van der Waals surface area contributed by atoms with Crippen molar-refractivity contribution in [2.75, 3.05) is 19.8 Å². The molecule has 166 valence electrons. The lowest BCUT2D eigenvalue weighted by molar-refractivity contribution is 0.0955. The number of halogens is 2. The maximum atomic E-state index is 12.1. The number of ether oxygens (including phenoxy) is 3. The third-order valence-corrected chi connectivity index (χ3v) is 5.40. The van der Waals surface area contributed by atoms with Crippen molar-refractivity contribution in [3.8, 4) is 17.2 Å². The first-order valence-corrected chi connectivity index (χ1v) is 11.6. The van der Waals surface area contributed by atoms with E-state index in [4.69, 9.17) is 14.2 Å². The molecule has 0 unspecified atom stereocenters. The monoisotopic (exact) mass is 609 g/mol. The maximum Gasteiger partial charge on any atom is 0.271 e. The lowest BCUT2D eigenvalue weighted by Crippen LogP contribution is -2.17. The van der Waals surface area contributed by atoms with Crippen molar-refractivity contribution in [2.45, 2.75) is 6.92 Å². The molecule has 0 aliphatic rings. The highest BCUT2D eigenvalue weighted by Crippen LogP contribution is 2.34. The van der Waals surface area contributed by atoms with Crippen LogP contribution >= 0.6 is 38.5 Å². The van der Waals surface area contributed by atoms with Crippen molar-refractivity contribution in [3.05, 3.63) is 80.1 Å². The molecular formula is C23H21BrIN3O4. The van der Waals surface area contributed by atoms with Gasteiger partial charge in [0.2, 0.25) is 0 Å². The van der Waals surface area contributed by atoms with Crippen LogP contribution in [0.2, 0.25) is 0 Å². The molecule has 0 spiro atoms. The zero-order chi connectivity index (χ0) is 22.8. The first kappa shape index (κ1) is 24.0. The van der Waals surface area contributed by atoms with Gasteiger partial charge >= 0.3 is 0 Å². The fourth-order valence-electron chi connectivity index (χ4n) is 2.63. The van der Waals surface area contributed by atoms with Gasteiger partial charge in [0, 0.05) is 22.4 Å². The molecule has 9 heteroatoms. The van der Waals surface area contributed by atoms with Crippen LogP contribution in [0.1, 0.15) is 22.8 Å². The number of amides is 1. The van der Waals surface area contributed by atoms with E-state index < -0.39 is 0 Å². The Bertz CT molecular complexity index is 1060. The number of hydrazone groups is 1. The van der Waals surface area contributed by atoms with Gasteiger partial charge in [0.25, 0.3) is 5.91 Å². The highest BCUT2D eigenvalue weighted by atomic mass is 127. The Morgan fingerprint density at radius 3 is 2.53 bits per heavy atom. The molecular weight excluding hydrogens is 589 g/mol. The van der Waals surface area contributed by atoms with Gasteiger partial charge in [-0.05, 0) is 83.6 Å². The quantitative estimate of drug-likeness (QED) is 0.150. The van der Waals surface area contributed by atoms with Crippen LogP contribution in [0.25, 0.3) is 0 Å². The average Bonchev–Trinajstić information content (AvgIpc) is 2.80. The molecule has 0 saturated carbocycles. The predicted octanol–water partition coefficient (Wildman–Crippen LogP) is 5.07.